The van der Waals surface area contributed by atoms with Gasteiger partial charge in [0.2, 0.25) is 0 Å². The van der Waals surface area contributed by atoms with Crippen molar-refractivity contribution in [2.75, 3.05) is 7.05 Å². The van der Waals surface area contributed by atoms with E-state index in [0.717, 1.165) is 0 Å². The first-order valence-electron chi connectivity index (χ1n) is 14.1. The van der Waals surface area contributed by atoms with Crippen LogP contribution in [0.3, 0.4) is 0 Å². The number of carbonyl (C=O) groups is 1. The van der Waals surface area contributed by atoms with Crippen LogP contribution in [0.1, 0.15) is 43.7 Å². The molecule has 17 heteroatoms. The molecule has 268 valence electrons. The number of nitrogens with one attached hydrogen (secondary N) is 2. The molecule has 0 saturated heterocycles. The van der Waals surface area contributed by atoms with Crippen LogP contribution in [0, 0.1) is 17.5 Å². The van der Waals surface area contributed by atoms with Crippen molar-refractivity contribution in [2.24, 2.45) is 0 Å². The number of alkyl halides is 10. The van der Waals surface area contributed by atoms with Gasteiger partial charge in [-0.3, -0.25) is 4.79 Å². The summed E-state index contributed by atoms with van der Waals surface area (Å²) in [6.07, 6.45) is -21.1. The highest BCUT2D eigenvalue weighted by Crippen LogP contribution is 2.41. The molecule has 0 saturated carbocycles. The number of ether oxygens (including phenoxy) is 1. The molecule has 0 fully saturated rings. The minimum Gasteiger partial charge on any atom is -0.428 e. The van der Waals surface area contributed by atoms with E-state index in [1.54, 1.807) is 7.05 Å². The van der Waals surface area contributed by atoms with Crippen LogP contribution in [0.5, 0.6) is 5.75 Å². The zero-order valence-electron chi connectivity index (χ0n) is 25.2. The first-order chi connectivity index (χ1) is 23.2. The Morgan fingerprint density at radius 3 is 1.82 bits per heavy atom. The number of halogens is 13. The third-order valence-corrected chi connectivity index (χ3v) is 7.37. The molecule has 4 rings (SSSR count). The van der Waals surface area contributed by atoms with E-state index in [9.17, 15) is 57.5 Å². The Hall–Kier alpha value is -4.80. The summed E-state index contributed by atoms with van der Waals surface area (Å²) in [5.74, 6) is -7.93. The second-order valence-corrected chi connectivity index (χ2v) is 10.9. The topological polar surface area (TPSA) is 50.4 Å². The van der Waals surface area contributed by atoms with E-state index in [1.807, 2.05) is 0 Å². The second kappa shape index (κ2) is 14.2. The fourth-order valence-corrected chi connectivity index (χ4v) is 5.07. The number of carbonyl (C=O) groups excluding carboxylic acids is 1. The molecule has 0 spiro atoms. The van der Waals surface area contributed by atoms with Crippen LogP contribution in [-0.4, -0.2) is 25.5 Å². The van der Waals surface area contributed by atoms with Gasteiger partial charge < -0.3 is 15.4 Å². The normalized spacial score (nSPS) is 13.7. The molecular weight excluding hydrogens is 703 g/mol. The van der Waals surface area contributed by atoms with Crippen LogP contribution in [0.15, 0.2) is 78.9 Å². The van der Waals surface area contributed by atoms with Gasteiger partial charge in [-0.25, -0.2) is 13.2 Å². The fraction of sp³-hybridized carbons (Fsp3) is 0.242. The quantitative estimate of drug-likeness (QED) is 0.152. The van der Waals surface area contributed by atoms with E-state index in [0.29, 0.717) is 42.4 Å². The average molecular weight is 727 g/mol. The Labute approximate surface area is 274 Å². The summed E-state index contributed by atoms with van der Waals surface area (Å²) < 4.78 is 184. The van der Waals surface area contributed by atoms with Crippen molar-refractivity contribution in [1.82, 2.24) is 10.6 Å². The van der Waals surface area contributed by atoms with Crippen LogP contribution in [0.25, 0.3) is 0 Å². The van der Waals surface area contributed by atoms with E-state index >= 15 is 4.39 Å². The molecular formula is C33H23F13N2O2. The van der Waals surface area contributed by atoms with Gasteiger partial charge in [0.1, 0.15) is 23.2 Å². The molecule has 50 heavy (non-hydrogen) atoms. The molecule has 1 unspecified atom stereocenters. The van der Waals surface area contributed by atoms with Crippen molar-refractivity contribution in [2.45, 2.75) is 43.4 Å². The Morgan fingerprint density at radius 2 is 1.26 bits per heavy atom. The number of hydrogen-bond donors (Lipinski definition) is 2. The van der Waals surface area contributed by atoms with E-state index in [4.69, 9.17) is 0 Å². The highest BCUT2D eigenvalue weighted by molar-refractivity contribution is 5.95. The first kappa shape index (κ1) is 38.0. The van der Waals surface area contributed by atoms with Crippen molar-refractivity contribution in [3.8, 4) is 5.75 Å². The van der Waals surface area contributed by atoms with Crippen molar-refractivity contribution in [3.63, 3.8) is 0 Å². The average Bonchev–Trinajstić information content (AvgIpc) is 3.00. The van der Waals surface area contributed by atoms with Gasteiger partial charge in [0.25, 0.3) is 5.91 Å². The van der Waals surface area contributed by atoms with Crippen LogP contribution < -0.4 is 15.4 Å². The molecule has 4 aromatic rings. The first-order valence-corrected chi connectivity index (χ1v) is 14.1. The van der Waals surface area contributed by atoms with Gasteiger partial charge in [-0.1, -0.05) is 30.3 Å². The van der Waals surface area contributed by atoms with E-state index < -0.39 is 93.8 Å². The summed E-state index contributed by atoms with van der Waals surface area (Å²) in [4.78, 5) is 13.7. The summed E-state index contributed by atoms with van der Waals surface area (Å²) in [6, 6.07) is 9.18. The van der Waals surface area contributed by atoms with Crippen LogP contribution in [0.2, 0.25) is 0 Å². The van der Waals surface area contributed by atoms with Crippen LogP contribution in [-0.2, 0) is 30.9 Å². The minimum absolute atomic E-state index is 0.0804. The van der Waals surface area contributed by atoms with E-state index in [2.05, 4.69) is 15.4 Å². The fourth-order valence-electron chi connectivity index (χ4n) is 5.07. The molecule has 4 aromatic carbocycles. The maximum absolute atomic E-state index is 15.1. The van der Waals surface area contributed by atoms with Gasteiger partial charge in [0, 0.05) is 24.6 Å². The standard InChI is InChI=1S/C33H23F13N2O2/c1-47-16-18-4-2-17(3-5-18)15-30(20-7-9-27(36)25(13-20)32(42,43)44,21-11-22(34)14-23(12-21)50-33(45,46)29(37)38)48-28(49)19-6-8-26(35)24(10-19)31(39,40)41/h2-14,29,47H,15-16H2,1H3,(H,48,49). The van der Waals surface area contributed by atoms with Crippen molar-refractivity contribution in [3.05, 3.63) is 135 Å². The SMILES string of the molecule is CNCc1ccc(CC(NC(=O)c2ccc(F)c(C(F)(F)F)c2)(c2cc(F)cc(OC(F)(F)C(F)F)c2)c2ccc(F)c(C(F)(F)F)c2)cc1. The summed E-state index contributed by atoms with van der Waals surface area (Å²) >= 11 is 0. The van der Waals surface area contributed by atoms with Gasteiger partial charge in [-0.05, 0) is 71.8 Å². The zero-order valence-corrected chi connectivity index (χ0v) is 25.2. The predicted octanol–water partition coefficient (Wildman–Crippen LogP) is 9.01. The van der Waals surface area contributed by atoms with Crippen molar-refractivity contribution in [1.29, 1.82) is 0 Å². The molecule has 0 aliphatic rings. The van der Waals surface area contributed by atoms with Crippen molar-refractivity contribution >= 4 is 5.91 Å². The molecule has 1 amide bonds. The lowest BCUT2D eigenvalue weighted by atomic mass is 9.76. The zero-order chi connectivity index (χ0) is 37.2. The largest absolute Gasteiger partial charge is 0.461 e. The Balaban J connectivity index is 2.06. The summed E-state index contributed by atoms with van der Waals surface area (Å²) in [5.41, 5.74) is -8.05. The predicted molar refractivity (Wildman–Crippen MR) is 152 cm³/mol. The maximum Gasteiger partial charge on any atom is 0.461 e. The Kier molecular flexibility index (Phi) is 10.8. The summed E-state index contributed by atoms with van der Waals surface area (Å²) in [6.45, 7) is 0.324. The maximum atomic E-state index is 15.1. The molecule has 0 aliphatic heterocycles. The third-order valence-electron chi connectivity index (χ3n) is 7.37. The van der Waals surface area contributed by atoms with Crippen molar-refractivity contribution < 1.29 is 66.6 Å². The molecule has 1 atom stereocenters. The smallest absolute Gasteiger partial charge is 0.428 e. The van der Waals surface area contributed by atoms with Crippen LogP contribution in [0.4, 0.5) is 57.1 Å². The molecule has 0 aliphatic carbocycles. The van der Waals surface area contributed by atoms with E-state index in [1.165, 1.54) is 24.3 Å². The van der Waals surface area contributed by atoms with Gasteiger partial charge in [0.15, 0.2) is 0 Å². The van der Waals surface area contributed by atoms with Gasteiger partial charge in [-0.2, -0.15) is 43.9 Å². The van der Waals surface area contributed by atoms with Crippen LogP contribution >= 0.6 is 0 Å². The number of hydrogen-bond acceptors (Lipinski definition) is 3. The number of amides is 1. The highest BCUT2D eigenvalue weighted by Gasteiger charge is 2.45. The number of rotatable bonds is 11. The molecule has 0 radical (unpaired) electrons. The minimum atomic E-state index is -5.39. The van der Waals surface area contributed by atoms with Gasteiger partial charge in [-0.15, -0.1) is 0 Å². The molecule has 0 heterocycles. The Bertz CT molecular complexity index is 1840. The lowest BCUT2D eigenvalue weighted by Crippen LogP contribution is -2.49. The monoisotopic (exact) mass is 726 g/mol. The number of benzene rings is 4. The third kappa shape index (κ3) is 8.49. The lowest BCUT2D eigenvalue weighted by Gasteiger charge is -2.37. The van der Waals surface area contributed by atoms with Gasteiger partial charge >= 0.3 is 24.9 Å². The molecule has 0 aromatic heterocycles. The molecule has 0 bridgehead atoms. The molecule has 4 nitrogen and oxygen atoms in total. The lowest BCUT2D eigenvalue weighted by molar-refractivity contribution is -0.253. The van der Waals surface area contributed by atoms with E-state index in [-0.39, 0.29) is 29.8 Å². The summed E-state index contributed by atoms with van der Waals surface area (Å²) in [5, 5.41) is 5.07. The van der Waals surface area contributed by atoms with Gasteiger partial charge in [0.05, 0.1) is 16.7 Å². The molecule has 2 N–H and O–H groups in total. The highest BCUT2D eigenvalue weighted by atomic mass is 19.4. The summed E-state index contributed by atoms with van der Waals surface area (Å²) in [7, 11) is 1.61. The Morgan fingerprint density at radius 1 is 0.700 bits per heavy atom. The second-order valence-electron chi connectivity index (χ2n) is 10.9.